The Morgan fingerprint density at radius 2 is 2.24 bits per heavy atom. The molecule has 1 aromatic heterocycles. The van der Waals surface area contributed by atoms with Crippen LogP contribution in [0.4, 0.5) is 0 Å². The smallest absolute Gasteiger partial charge is 0.230 e. The highest BCUT2D eigenvalue weighted by Gasteiger charge is 2.08. The van der Waals surface area contributed by atoms with Crippen LogP contribution in [0.2, 0.25) is 0 Å². The van der Waals surface area contributed by atoms with Crippen LogP contribution >= 0.6 is 11.8 Å². The van der Waals surface area contributed by atoms with Gasteiger partial charge in [-0.05, 0) is 24.3 Å². The average molecular weight is 303 g/mol. The van der Waals surface area contributed by atoms with E-state index in [4.69, 9.17) is 4.74 Å². The number of nitrogens with one attached hydrogen (secondary N) is 1. The number of imidazole rings is 1. The summed E-state index contributed by atoms with van der Waals surface area (Å²) in [5, 5.41) is 3.51. The zero-order chi connectivity index (χ0) is 15.1. The second kappa shape index (κ2) is 7.54. The first kappa shape index (κ1) is 15.2. The van der Waals surface area contributed by atoms with Crippen LogP contribution in [0.5, 0.6) is 5.75 Å². The number of carbonyl (C=O) groups is 1. The molecule has 1 amide bonds. The molecular weight excluding hydrogens is 286 g/mol. The van der Waals surface area contributed by atoms with Crippen LogP contribution < -0.4 is 10.1 Å². The first-order valence-electron chi connectivity index (χ1n) is 6.42. The lowest BCUT2D eigenvalue weighted by Crippen LogP contribution is -2.25. The molecule has 0 saturated heterocycles. The number of hydrogen-bond donors (Lipinski definition) is 1. The molecule has 0 fully saturated rings. The highest BCUT2D eigenvalue weighted by molar-refractivity contribution is 7.99. The van der Waals surface area contributed by atoms with Gasteiger partial charge in [0.25, 0.3) is 0 Å². The normalized spacial score (nSPS) is 10.1. The van der Waals surface area contributed by atoms with Gasteiger partial charge in [-0.25, -0.2) is 4.98 Å². The summed E-state index contributed by atoms with van der Waals surface area (Å²) in [6.07, 6.45) is 5.24. The summed E-state index contributed by atoms with van der Waals surface area (Å²) in [6, 6.07) is 7.67. The van der Waals surface area contributed by atoms with Crippen molar-refractivity contribution >= 4 is 17.7 Å². The van der Waals surface area contributed by atoms with E-state index in [-0.39, 0.29) is 5.91 Å². The second-order valence-corrected chi connectivity index (χ2v) is 5.10. The summed E-state index contributed by atoms with van der Waals surface area (Å²) in [7, 11) is 1.63. The highest BCUT2D eigenvalue weighted by Crippen LogP contribution is 2.22. The molecule has 5 nitrogen and oxygen atoms in total. The molecule has 0 unspecified atom stereocenters. The van der Waals surface area contributed by atoms with E-state index in [0.717, 1.165) is 16.6 Å². The number of methoxy groups -OCH3 is 1. The third kappa shape index (κ3) is 4.13. The fraction of sp³-hybridized carbons (Fsp3) is 0.200. The quantitative estimate of drug-likeness (QED) is 0.630. The van der Waals surface area contributed by atoms with Crippen molar-refractivity contribution in [3.05, 3.63) is 49.3 Å². The maximum absolute atomic E-state index is 11.6. The van der Waals surface area contributed by atoms with E-state index in [0.29, 0.717) is 12.3 Å². The van der Waals surface area contributed by atoms with Gasteiger partial charge in [0.2, 0.25) is 5.91 Å². The zero-order valence-electron chi connectivity index (χ0n) is 11.8. The first-order valence-corrected chi connectivity index (χ1v) is 7.41. The lowest BCUT2D eigenvalue weighted by atomic mass is 10.3. The molecule has 0 saturated carbocycles. The maximum atomic E-state index is 11.6. The minimum absolute atomic E-state index is 0.0378. The summed E-state index contributed by atoms with van der Waals surface area (Å²) in [5.41, 5.74) is 0.974. The SMILES string of the molecule is C=CCNC(=O)CSc1nccn1-c1ccc(OC)cc1. The molecular formula is C15H17N3O2S. The Bertz CT molecular complexity index is 608. The molecule has 110 valence electrons. The van der Waals surface area contributed by atoms with Crippen molar-refractivity contribution in [1.29, 1.82) is 0 Å². The molecule has 0 aliphatic carbocycles. The molecule has 1 heterocycles. The fourth-order valence-electron chi connectivity index (χ4n) is 1.70. The number of aromatic nitrogens is 2. The van der Waals surface area contributed by atoms with Crippen LogP contribution in [-0.2, 0) is 4.79 Å². The van der Waals surface area contributed by atoms with Gasteiger partial charge in [-0.2, -0.15) is 0 Å². The van der Waals surface area contributed by atoms with Crippen LogP contribution in [0.1, 0.15) is 0 Å². The van der Waals surface area contributed by atoms with Gasteiger partial charge in [-0.1, -0.05) is 17.8 Å². The summed E-state index contributed by atoms with van der Waals surface area (Å²) in [4.78, 5) is 15.9. The molecule has 0 aliphatic heterocycles. The van der Waals surface area contributed by atoms with E-state index < -0.39 is 0 Å². The topological polar surface area (TPSA) is 56.2 Å². The Kier molecular flexibility index (Phi) is 5.45. The number of hydrogen-bond acceptors (Lipinski definition) is 4. The van der Waals surface area contributed by atoms with Crippen molar-refractivity contribution in [2.45, 2.75) is 5.16 Å². The number of amides is 1. The molecule has 6 heteroatoms. The van der Waals surface area contributed by atoms with Gasteiger partial charge in [-0.3, -0.25) is 9.36 Å². The standard InChI is InChI=1S/C15H17N3O2S/c1-3-8-16-14(19)11-21-15-17-9-10-18(15)12-4-6-13(20-2)7-5-12/h3-7,9-10H,1,8,11H2,2H3,(H,16,19). The van der Waals surface area contributed by atoms with E-state index in [2.05, 4.69) is 16.9 Å². The number of nitrogens with zero attached hydrogens (tertiary/aromatic N) is 2. The monoisotopic (exact) mass is 303 g/mol. The van der Waals surface area contributed by atoms with Gasteiger partial charge in [0.15, 0.2) is 5.16 Å². The third-order valence-electron chi connectivity index (χ3n) is 2.73. The zero-order valence-corrected chi connectivity index (χ0v) is 12.6. The minimum atomic E-state index is -0.0378. The molecule has 1 aromatic carbocycles. The minimum Gasteiger partial charge on any atom is -0.497 e. The van der Waals surface area contributed by atoms with Gasteiger partial charge in [0.05, 0.1) is 12.9 Å². The van der Waals surface area contributed by atoms with Crippen LogP contribution in [0.25, 0.3) is 5.69 Å². The van der Waals surface area contributed by atoms with Gasteiger partial charge in [0.1, 0.15) is 5.75 Å². The van der Waals surface area contributed by atoms with E-state index >= 15 is 0 Å². The second-order valence-electron chi connectivity index (χ2n) is 4.16. The maximum Gasteiger partial charge on any atom is 0.230 e. The highest BCUT2D eigenvalue weighted by atomic mass is 32.2. The average Bonchev–Trinajstić information content (AvgIpc) is 2.99. The Morgan fingerprint density at radius 1 is 1.48 bits per heavy atom. The molecule has 2 aromatic rings. The molecule has 0 bridgehead atoms. The lowest BCUT2D eigenvalue weighted by molar-refractivity contribution is -0.118. The van der Waals surface area contributed by atoms with Crippen molar-refractivity contribution < 1.29 is 9.53 Å². The molecule has 0 radical (unpaired) electrons. The van der Waals surface area contributed by atoms with Crippen molar-refractivity contribution in [1.82, 2.24) is 14.9 Å². The van der Waals surface area contributed by atoms with Crippen molar-refractivity contribution in [3.8, 4) is 11.4 Å². The van der Waals surface area contributed by atoms with E-state index in [1.165, 1.54) is 11.8 Å². The van der Waals surface area contributed by atoms with Crippen LogP contribution in [0.3, 0.4) is 0 Å². The number of carbonyl (C=O) groups excluding carboxylic acids is 1. The number of ether oxygens (including phenoxy) is 1. The van der Waals surface area contributed by atoms with Crippen molar-refractivity contribution in [3.63, 3.8) is 0 Å². The van der Waals surface area contributed by atoms with Gasteiger partial charge >= 0.3 is 0 Å². The van der Waals surface area contributed by atoms with Crippen LogP contribution in [0.15, 0.2) is 54.5 Å². The summed E-state index contributed by atoms with van der Waals surface area (Å²) >= 11 is 1.39. The summed E-state index contributed by atoms with van der Waals surface area (Å²) < 4.78 is 7.08. The molecule has 2 rings (SSSR count). The molecule has 21 heavy (non-hydrogen) atoms. The predicted molar refractivity (Wildman–Crippen MR) is 84.0 cm³/mol. The summed E-state index contributed by atoms with van der Waals surface area (Å²) in [5.74, 6) is 1.09. The van der Waals surface area contributed by atoms with Crippen molar-refractivity contribution in [2.24, 2.45) is 0 Å². The largest absolute Gasteiger partial charge is 0.497 e. The van der Waals surface area contributed by atoms with Gasteiger partial charge < -0.3 is 10.1 Å². The number of thioether (sulfide) groups is 1. The molecule has 0 aliphatic rings. The molecule has 0 spiro atoms. The number of benzene rings is 1. The summed E-state index contributed by atoms with van der Waals surface area (Å²) in [6.45, 7) is 4.04. The van der Waals surface area contributed by atoms with E-state index in [1.54, 1.807) is 19.4 Å². The Labute approximate surface area is 128 Å². The van der Waals surface area contributed by atoms with Crippen molar-refractivity contribution in [2.75, 3.05) is 19.4 Å². The lowest BCUT2D eigenvalue weighted by Gasteiger charge is -2.08. The molecule has 0 atom stereocenters. The number of rotatable bonds is 7. The predicted octanol–water partition coefficient (Wildman–Crippen LogP) is 2.28. The fourth-order valence-corrected chi connectivity index (χ4v) is 2.51. The Morgan fingerprint density at radius 3 is 2.90 bits per heavy atom. The van der Waals surface area contributed by atoms with Gasteiger partial charge in [-0.15, -0.1) is 6.58 Å². The molecule has 1 N–H and O–H groups in total. The third-order valence-corrected chi connectivity index (χ3v) is 3.70. The van der Waals surface area contributed by atoms with Crippen LogP contribution in [-0.4, -0.2) is 34.9 Å². The van der Waals surface area contributed by atoms with Gasteiger partial charge in [0, 0.05) is 24.6 Å². The van der Waals surface area contributed by atoms with E-state index in [1.807, 2.05) is 35.0 Å². The van der Waals surface area contributed by atoms with Crippen LogP contribution in [0, 0.1) is 0 Å². The Hall–Kier alpha value is -2.21. The Balaban J connectivity index is 2.04. The first-order chi connectivity index (χ1) is 10.2. The van der Waals surface area contributed by atoms with E-state index in [9.17, 15) is 4.79 Å².